The van der Waals surface area contributed by atoms with Crippen LogP contribution in [0.2, 0.25) is 0 Å². The Morgan fingerprint density at radius 3 is 2.32 bits per heavy atom. The van der Waals surface area contributed by atoms with E-state index in [2.05, 4.69) is 22.2 Å². The van der Waals surface area contributed by atoms with Gasteiger partial charge in [0, 0.05) is 30.2 Å². The molecule has 2 bridgehead atoms. The first kappa shape index (κ1) is 12.6. The van der Waals surface area contributed by atoms with Gasteiger partial charge in [-0.25, -0.2) is 0 Å². The normalized spacial score (nSPS) is 47.5. The van der Waals surface area contributed by atoms with Gasteiger partial charge in [0.25, 0.3) is 0 Å². The van der Waals surface area contributed by atoms with Gasteiger partial charge in [-0.15, -0.1) is 0 Å². The molecular weight excluding hydrogens is 234 g/mol. The summed E-state index contributed by atoms with van der Waals surface area (Å²) in [4.78, 5) is 5.38. The Labute approximate surface area is 117 Å². The van der Waals surface area contributed by atoms with Crippen LogP contribution in [0.1, 0.15) is 51.4 Å². The summed E-state index contributed by atoms with van der Waals surface area (Å²) in [5, 5.41) is 4.04. The van der Waals surface area contributed by atoms with Crippen molar-refractivity contribution >= 4 is 0 Å². The van der Waals surface area contributed by atoms with Crippen molar-refractivity contribution in [1.82, 2.24) is 15.1 Å². The number of fused-ring (bicyclic) bond motifs is 3. The Morgan fingerprint density at radius 2 is 1.53 bits per heavy atom. The summed E-state index contributed by atoms with van der Waals surface area (Å²) in [7, 11) is 2.34. The van der Waals surface area contributed by atoms with Crippen LogP contribution in [0.15, 0.2) is 0 Å². The zero-order valence-corrected chi connectivity index (χ0v) is 12.4. The highest BCUT2D eigenvalue weighted by molar-refractivity contribution is 4.98. The first-order valence-corrected chi connectivity index (χ1v) is 8.51. The zero-order valence-electron chi connectivity index (χ0n) is 12.4. The van der Waals surface area contributed by atoms with Crippen LogP contribution in [0.4, 0.5) is 0 Å². The summed E-state index contributed by atoms with van der Waals surface area (Å²) < 4.78 is 0. The van der Waals surface area contributed by atoms with Gasteiger partial charge >= 0.3 is 0 Å². The highest BCUT2D eigenvalue weighted by Crippen LogP contribution is 2.35. The van der Waals surface area contributed by atoms with Crippen molar-refractivity contribution < 1.29 is 0 Å². The molecule has 4 heterocycles. The van der Waals surface area contributed by atoms with Crippen LogP contribution in [0.25, 0.3) is 0 Å². The maximum atomic E-state index is 4.04. The zero-order chi connectivity index (χ0) is 12.8. The van der Waals surface area contributed by atoms with Crippen molar-refractivity contribution in [3.05, 3.63) is 0 Å². The Hall–Kier alpha value is -0.120. The maximum absolute atomic E-state index is 4.04. The van der Waals surface area contributed by atoms with Crippen LogP contribution >= 0.6 is 0 Å². The Morgan fingerprint density at radius 1 is 0.789 bits per heavy atom. The van der Waals surface area contributed by atoms with E-state index >= 15 is 0 Å². The first-order chi connectivity index (χ1) is 9.29. The molecule has 0 amide bonds. The van der Waals surface area contributed by atoms with Crippen LogP contribution in [0.5, 0.6) is 0 Å². The minimum absolute atomic E-state index is 0.812. The van der Waals surface area contributed by atoms with Gasteiger partial charge in [0.1, 0.15) is 0 Å². The molecule has 4 saturated heterocycles. The molecule has 0 aromatic heterocycles. The summed E-state index contributed by atoms with van der Waals surface area (Å²) in [5.41, 5.74) is 0. The van der Waals surface area contributed by atoms with E-state index in [9.17, 15) is 0 Å². The molecule has 0 spiro atoms. The summed E-state index contributed by atoms with van der Waals surface area (Å²) in [5.74, 6) is 0. The molecule has 4 aliphatic heterocycles. The predicted molar refractivity (Wildman–Crippen MR) is 78.3 cm³/mol. The fraction of sp³-hybridized carbons (Fsp3) is 1.00. The molecule has 0 aromatic rings. The lowest BCUT2D eigenvalue weighted by molar-refractivity contribution is 0.119. The molecule has 108 valence electrons. The summed E-state index contributed by atoms with van der Waals surface area (Å²) in [6, 6.07) is 4.29. The van der Waals surface area contributed by atoms with Crippen molar-refractivity contribution in [1.29, 1.82) is 0 Å². The molecule has 0 aromatic carbocycles. The molecule has 4 unspecified atom stereocenters. The monoisotopic (exact) mass is 263 g/mol. The van der Waals surface area contributed by atoms with Crippen LogP contribution in [0.3, 0.4) is 0 Å². The lowest BCUT2D eigenvalue weighted by Crippen LogP contribution is -2.53. The van der Waals surface area contributed by atoms with E-state index in [1.165, 1.54) is 64.5 Å². The number of piperidine rings is 2. The van der Waals surface area contributed by atoms with Crippen molar-refractivity contribution in [2.24, 2.45) is 0 Å². The standard InChI is InChI=1S/C16H29N3/c1-18-14-4-5-15(18)11-13(10-14)17-12-6-8-19-7-2-3-16(19)9-12/h12-17H,2-11H2,1H3. The fourth-order valence-corrected chi connectivity index (χ4v) is 5.26. The Kier molecular flexibility index (Phi) is 3.33. The molecule has 0 radical (unpaired) electrons. The third-order valence-corrected chi connectivity index (χ3v) is 6.39. The topological polar surface area (TPSA) is 18.5 Å². The van der Waals surface area contributed by atoms with Crippen LogP contribution < -0.4 is 5.32 Å². The smallest absolute Gasteiger partial charge is 0.0111 e. The molecule has 0 aliphatic carbocycles. The van der Waals surface area contributed by atoms with Crippen molar-refractivity contribution in [3.63, 3.8) is 0 Å². The second-order valence-corrected chi connectivity index (χ2v) is 7.44. The molecule has 3 heteroatoms. The van der Waals surface area contributed by atoms with E-state index in [1.807, 2.05) is 0 Å². The van der Waals surface area contributed by atoms with Gasteiger partial charge in [-0.3, -0.25) is 0 Å². The van der Waals surface area contributed by atoms with E-state index in [0.717, 1.165) is 30.2 Å². The maximum Gasteiger partial charge on any atom is 0.0111 e. The Bertz CT molecular complexity index is 318. The number of hydrogen-bond acceptors (Lipinski definition) is 3. The molecule has 1 N–H and O–H groups in total. The molecule has 4 fully saturated rings. The highest BCUT2D eigenvalue weighted by Gasteiger charge is 2.40. The first-order valence-electron chi connectivity index (χ1n) is 8.51. The summed E-state index contributed by atoms with van der Waals surface area (Å²) in [6.45, 7) is 2.72. The average molecular weight is 263 g/mol. The highest BCUT2D eigenvalue weighted by atomic mass is 15.2. The van der Waals surface area contributed by atoms with Gasteiger partial charge in [-0.05, 0) is 71.5 Å². The molecule has 0 saturated carbocycles. The third kappa shape index (κ3) is 2.34. The lowest BCUT2D eigenvalue weighted by atomic mass is 9.93. The molecule has 4 rings (SSSR count). The fourth-order valence-electron chi connectivity index (χ4n) is 5.26. The van der Waals surface area contributed by atoms with Crippen molar-refractivity contribution in [2.45, 2.75) is 81.6 Å². The molecular formula is C16H29N3. The predicted octanol–water partition coefficient (Wildman–Crippen LogP) is 1.83. The van der Waals surface area contributed by atoms with Gasteiger partial charge in [-0.2, -0.15) is 0 Å². The number of nitrogens with zero attached hydrogens (tertiary/aromatic N) is 2. The second-order valence-electron chi connectivity index (χ2n) is 7.44. The van der Waals surface area contributed by atoms with Crippen molar-refractivity contribution in [2.75, 3.05) is 20.1 Å². The number of rotatable bonds is 2. The van der Waals surface area contributed by atoms with Gasteiger partial charge in [0.2, 0.25) is 0 Å². The van der Waals surface area contributed by atoms with Gasteiger partial charge in [-0.1, -0.05) is 0 Å². The van der Waals surface area contributed by atoms with E-state index < -0.39 is 0 Å². The van der Waals surface area contributed by atoms with E-state index in [4.69, 9.17) is 0 Å². The van der Waals surface area contributed by atoms with E-state index in [-0.39, 0.29) is 0 Å². The molecule has 4 atom stereocenters. The van der Waals surface area contributed by atoms with E-state index in [1.54, 1.807) is 0 Å². The third-order valence-electron chi connectivity index (χ3n) is 6.39. The van der Waals surface area contributed by atoms with Crippen LogP contribution in [-0.4, -0.2) is 60.1 Å². The number of nitrogens with one attached hydrogen (secondary N) is 1. The van der Waals surface area contributed by atoms with E-state index in [0.29, 0.717) is 0 Å². The second kappa shape index (κ2) is 5.01. The van der Waals surface area contributed by atoms with Gasteiger partial charge < -0.3 is 15.1 Å². The minimum Gasteiger partial charge on any atom is -0.311 e. The number of hydrogen-bond donors (Lipinski definition) is 1. The van der Waals surface area contributed by atoms with Crippen LogP contribution in [0, 0.1) is 0 Å². The average Bonchev–Trinajstić information content (AvgIpc) is 2.92. The molecule has 4 aliphatic rings. The summed E-state index contributed by atoms with van der Waals surface area (Å²) >= 11 is 0. The lowest BCUT2D eigenvalue weighted by Gasteiger charge is -2.41. The van der Waals surface area contributed by atoms with Crippen LogP contribution in [-0.2, 0) is 0 Å². The largest absolute Gasteiger partial charge is 0.311 e. The van der Waals surface area contributed by atoms with Crippen molar-refractivity contribution in [3.8, 4) is 0 Å². The minimum atomic E-state index is 0.812. The SMILES string of the molecule is CN1C2CCC1CC(NC1CCN3CCCC3C1)C2. The summed E-state index contributed by atoms with van der Waals surface area (Å²) in [6.07, 6.45) is 11.4. The van der Waals surface area contributed by atoms with Gasteiger partial charge in [0.15, 0.2) is 0 Å². The Balaban J connectivity index is 1.33. The quantitative estimate of drug-likeness (QED) is 0.820. The van der Waals surface area contributed by atoms with Gasteiger partial charge in [0.05, 0.1) is 0 Å². The molecule has 19 heavy (non-hydrogen) atoms. The molecule has 3 nitrogen and oxygen atoms in total.